The lowest BCUT2D eigenvalue weighted by molar-refractivity contribution is -0.383. The van der Waals surface area contributed by atoms with Crippen molar-refractivity contribution in [2.45, 2.75) is 33.1 Å². The van der Waals surface area contributed by atoms with Crippen molar-refractivity contribution < 1.29 is 4.92 Å². The summed E-state index contributed by atoms with van der Waals surface area (Å²) < 4.78 is 0. The molecule has 106 valence electrons. The van der Waals surface area contributed by atoms with E-state index in [1.807, 2.05) is 0 Å². The standard InChI is InChI=1S/C10H14N4O2.C3H8/c11-12-9-7-8(13-5-1-2-6-13)3-4-10(9)14(15)16;1-3-2/h3-4,7,12H,1-2,5-6,11H2;3H2,1-2H3. The Morgan fingerprint density at radius 3 is 2.42 bits per heavy atom. The largest absolute Gasteiger partial charge is 0.371 e. The van der Waals surface area contributed by atoms with E-state index < -0.39 is 4.92 Å². The Bertz CT molecular complexity index is 417. The molecule has 3 N–H and O–H groups in total. The van der Waals surface area contributed by atoms with E-state index in [-0.39, 0.29) is 5.69 Å². The number of hydrazine groups is 1. The average Bonchev–Trinajstić information content (AvgIpc) is 2.92. The Morgan fingerprint density at radius 1 is 1.37 bits per heavy atom. The lowest BCUT2D eigenvalue weighted by atomic mass is 10.2. The highest BCUT2D eigenvalue weighted by Crippen LogP contribution is 2.30. The number of hydrogen-bond donors (Lipinski definition) is 2. The molecule has 1 aliphatic rings. The van der Waals surface area contributed by atoms with Gasteiger partial charge in [0.15, 0.2) is 0 Å². The minimum absolute atomic E-state index is 0.00504. The monoisotopic (exact) mass is 266 g/mol. The van der Waals surface area contributed by atoms with Crippen LogP contribution in [0.1, 0.15) is 33.1 Å². The fraction of sp³-hybridized carbons (Fsp3) is 0.538. The van der Waals surface area contributed by atoms with Gasteiger partial charge in [-0.2, -0.15) is 0 Å². The number of anilines is 2. The zero-order valence-corrected chi connectivity index (χ0v) is 11.6. The topological polar surface area (TPSA) is 84.4 Å². The Labute approximate surface area is 113 Å². The number of nitrogens with one attached hydrogen (secondary N) is 1. The van der Waals surface area contributed by atoms with Gasteiger partial charge in [0.05, 0.1) is 4.92 Å². The molecule has 0 spiro atoms. The predicted octanol–water partition coefficient (Wildman–Crippen LogP) is 2.90. The molecule has 6 heteroatoms. The normalized spacial score (nSPS) is 13.7. The number of benzene rings is 1. The van der Waals surface area contributed by atoms with Gasteiger partial charge in [0.2, 0.25) is 0 Å². The number of nitro groups is 1. The molecule has 19 heavy (non-hydrogen) atoms. The van der Waals surface area contributed by atoms with Crippen molar-refractivity contribution in [1.82, 2.24) is 0 Å². The maximum absolute atomic E-state index is 10.7. The quantitative estimate of drug-likeness (QED) is 0.499. The molecule has 0 amide bonds. The Balaban J connectivity index is 0.000000550. The maximum Gasteiger partial charge on any atom is 0.293 e. The van der Waals surface area contributed by atoms with Crippen LogP contribution < -0.4 is 16.2 Å². The second kappa shape index (κ2) is 7.58. The lowest BCUT2D eigenvalue weighted by Crippen LogP contribution is -2.18. The predicted molar refractivity (Wildman–Crippen MR) is 78.3 cm³/mol. The summed E-state index contributed by atoms with van der Waals surface area (Å²) in [5, 5.41) is 10.7. The first kappa shape index (κ1) is 15.2. The van der Waals surface area contributed by atoms with Crippen LogP contribution in [0.5, 0.6) is 0 Å². The molecule has 1 fully saturated rings. The minimum Gasteiger partial charge on any atom is -0.371 e. The van der Waals surface area contributed by atoms with Gasteiger partial charge in [0.1, 0.15) is 5.69 Å². The molecule has 0 saturated carbocycles. The van der Waals surface area contributed by atoms with Gasteiger partial charge in [0, 0.05) is 24.8 Å². The number of hydrogen-bond acceptors (Lipinski definition) is 5. The summed E-state index contributed by atoms with van der Waals surface area (Å²) >= 11 is 0. The zero-order valence-electron chi connectivity index (χ0n) is 11.6. The zero-order chi connectivity index (χ0) is 14.3. The molecule has 0 aliphatic carbocycles. The van der Waals surface area contributed by atoms with Crippen LogP contribution in [0.3, 0.4) is 0 Å². The van der Waals surface area contributed by atoms with Crippen molar-refractivity contribution >= 4 is 17.1 Å². The van der Waals surface area contributed by atoms with E-state index in [4.69, 9.17) is 5.84 Å². The van der Waals surface area contributed by atoms with Crippen LogP contribution in [0.25, 0.3) is 0 Å². The molecule has 1 aliphatic heterocycles. The molecule has 1 aromatic carbocycles. The van der Waals surface area contributed by atoms with Crippen LogP contribution in [-0.4, -0.2) is 18.0 Å². The van der Waals surface area contributed by atoms with Crippen molar-refractivity contribution in [2.24, 2.45) is 5.84 Å². The van der Waals surface area contributed by atoms with Gasteiger partial charge in [-0.05, 0) is 25.0 Å². The number of nitro benzene ring substituents is 1. The molecular weight excluding hydrogens is 244 g/mol. The number of nitrogens with two attached hydrogens (primary N) is 1. The third-order valence-electron chi connectivity index (χ3n) is 2.80. The molecule has 6 nitrogen and oxygen atoms in total. The third kappa shape index (κ3) is 4.10. The maximum atomic E-state index is 10.7. The molecule has 0 aromatic heterocycles. The van der Waals surface area contributed by atoms with E-state index in [2.05, 4.69) is 24.2 Å². The van der Waals surface area contributed by atoms with Gasteiger partial charge in [-0.3, -0.25) is 16.0 Å². The molecule has 2 rings (SSSR count). The smallest absolute Gasteiger partial charge is 0.293 e. The second-order valence-electron chi connectivity index (χ2n) is 4.50. The van der Waals surface area contributed by atoms with Gasteiger partial charge in [-0.1, -0.05) is 20.3 Å². The fourth-order valence-corrected chi connectivity index (χ4v) is 1.97. The first-order valence-electron chi connectivity index (χ1n) is 6.64. The molecule has 0 atom stereocenters. The fourth-order valence-electron chi connectivity index (χ4n) is 1.97. The van der Waals surface area contributed by atoms with E-state index in [1.165, 1.54) is 25.3 Å². The van der Waals surface area contributed by atoms with Gasteiger partial charge < -0.3 is 10.3 Å². The first-order chi connectivity index (χ1) is 9.13. The molecular formula is C13H22N4O2. The highest BCUT2D eigenvalue weighted by Gasteiger charge is 2.17. The van der Waals surface area contributed by atoms with Crippen molar-refractivity contribution in [3.63, 3.8) is 0 Å². The summed E-state index contributed by atoms with van der Waals surface area (Å²) in [6, 6.07) is 4.98. The van der Waals surface area contributed by atoms with Crippen molar-refractivity contribution in [2.75, 3.05) is 23.4 Å². The van der Waals surface area contributed by atoms with E-state index in [0.717, 1.165) is 18.8 Å². The van der Waals surface area contributed by atoms with E-state index in [0.29, 0.717) is 5.69 Å². The van der Waals surface area contributed by atoms with Gasteiger partial charge in [-0.15, -0.1) is 0 Å². The summed E-state index contributed by atoms with van der Waals surface area (Å²) in [4.78, 5) is 12.5. The molecule has 0 bridgehead atoms. The van der Waals surface area contributed by atoms with Gasteiger partial charge >= 0.3 is 0 Å². The van der Waals surface area contributed by atoms with Crippen LogP contribution in [0.2, 0.25) is 0 Å². The summed E-state index contributed by atoms with van der Waals surface area (Å²) in [5.74, 6) is 5.28. The summed E-state index contributed by atoms with van der Waals surface area (Å²) in [6.07, 6.45) is 3.59. The van der Waals surface area contributed by atoms with E-state index >= 15 is 0 Å². The summed E-state index contributed by atoms with van der Waals surface area (Å²) in [6.45, 7) is 6.25. The SMILES string of the molecule is CCC.NNc1cc(N2CCCC2)ccc1[N+](=O)[O-]. The lowest BCUT2D eigenvalue weighted by Gasteiger charge is -2.18. The van der Waals surface area contributed by atoms with E-state index in [9.17, 15) is 10.1 Å². The van der Waals surface area contributed by atoms with Crippen molar-refractivity contribution in [1.29, 1.82) is 0 Å². The van der Waals surface area contributed by atoms with Crippen molar-refractivity contribution in [3.05, 3.63) is 28.3 Å². The number of nitrogens with zero attached hydrogens (tertiary/aromatic N) is 2. The first-order valence-corrected chi connectivity index (χ1v) is 6.64. The summed E-state index contributed by atoms with van der Waals surface area (Å²) in [5.41, 5.74) is 3.72. The van der Waals surface area contributed by atoms with Crippen LogP contribution in [-0.2, 0) is 0 Å². The molecule has 1 saturated heterocycles. The molecule has 0 unspecified atom stereocenters. The highest BCUT2D eigenvalue weighted by atomic mass is 16.6. The number of nitrogen functional groups attached to an aromatic ring is 1. The molecule has 0 radical (unpaired) electrons. The number of rotatable bonds is 3. The minimum atomic E-state index is -0.442. The molecule has 1 heterocycles. The van der Waals surface area contributed by atoms with Gasteiger partial charge in [0.25, 0.3) is 5.69 Å². The third-order valence-corrected chi connectivity index (χ3v) is 2.80. The van der Waals surface area contributed by atoms with Crippen LogP contribution in [0, 0.1) is 10.1 Å². The van der Waals surface area contributed by atoms with E-state index in [1.54, 1.807) is 12.1 Å². The van der Waals surface area contributed by atoms with Crippen LogP contribution in [0.15, 0.2) is 18.2 Å². The highest BCUT2D eigenvalue weighted by molar-refractivity contribution is 5.68. The Kier molecular flexibility index (Phi) is 6.08. The Morgan fingerprint density at radius 2 is 1.95 bits per heavy atom. The average molecular weight is 266 g/mol. The second-order valence-corrected chi connectivity index (χ2v) is 4.50. The van der Waals surface area contributed by atoms with Crippen LogP contribution in [0.4, 0.5) is 17.1 Å². The summed E-state index contributed by atoms with van der Waals surface area (Å²) in [7, 11) is 0. The molecule has 1 aromatic rings. The van der Waals surface area contributed by atoms with Crippen molar-refractivity contribution in [3.8, 4) is 0 Å². The Hall–Kier alpha value is -1.82. The van der Waals surface area contributed by atoms with Crippen LogP contribution >= 0.6 is 0 Å². The van der Waals surface area contributed by atoms with Gasteiger partial charge in [-0.25, -0.2) is 0 Å².